The van der Waals surface area contributed by atoms with Gasteiger partial charge in [-0.15, -0.1) is 0 Å². The summed E-state index contributed by atoms with van der Waals surface area (Å²) < 4.78 is 6.53. The van der Waals surface area contributed by atoms with Crippen LogP contribution in [0.3, 0.4) is 0 Å². The van der Waals surface area contributed by atoms with Gasteiger partial charge in [0.2, 0.25) is 11.5 Å². The number of hydrogen-bond acceptors (Lipinski definition) is 5. The second-order valence-corrected chi connectivity index (χ2v) is 8.87. The average molecular weight is 502 g/mol. The molecule has 158 valence electrons. The third-order valence-electron chi connectivity index (χ3n) is 5.49. The number of nitrogens with one attached hydrogen (secondary N) is 3. The van der Waals surface area contributed by atoms with Crippen LogP contribution in [0.15, 0.2) is 50.1 Å². The van der Waals surface area contributed by atoms with Crippen molar-refractivity contribution in [3.63, 3.8) is 0 Å². The fraction of sp³-hybridized carbons (Fsp3) is 0.227. The smallest absolute Gasteiger partial charge is 0.294 e. The Morgan fingerprint density at radius 3 is 2.77 bits per heavy atom. The zero-order chi connectivity index (χ0) is 21.5. The molecule has 7 nitrogen and oxygen atoms in total. The van der Waals surface area contributed by atoms with Gasteiger partial charge in [-0.3, -0.25) is 9.59 Å². The number of furan rings is 1. The van der Waals surface area contributed by atoms with E-state index in [2.05, 4.69) is 36.5 Å². The second-order valence-electron chi connectivity index (χ2n) is 7.54. The summed E-state index contributed by atoms with van der Waals surface area (Å²) in [5.74, 6) is 0.323. The van der Waals surface area contributed by atoms with E-state index in [4.69, 9.17) is 16.0 Å². The van der Waals surface area contributed by atoms with Gasteiger partial charge in [-0.25, -0.2) is 4.98 Å². The Morgan fingerprint density at radius 2 is 2.00 bits per heavy atom. The first-order chi connectivity index (χ1) is 15.0. The highest BCUT2D eigenvalue weighted by molar-refractivity contribution is 9.10. The van der Waals surface area contributed by atoms with Crippen LogP contribution in [0.25, 0.3) is 33.5 Å². The van der Waals surface area contributed by atoms with Crippen LogP contribution in [0.5, 0.6) is 0 Å². The van der Waals surface area contributed by atoms with Gasteiger partial charge < -0.3 is 20.0 Å². The molecule has 2 aromatic heterocycles. The van der Waals surface area contributed by atoms with Gasteiger partial charge >= 0.3 is 0 Å². The van der Waals surface area contributed by atoms with Crippen LogP contribution in [-0.2, 0) is 4.79 Å². The Bertz CT molecular complexity index is 1370. The molecule has 1 aliphatic rings. The summed E-state index contributed by atoms with van der Waals surface area (Å²) in [6.07, 6.45) is 1.63. The number of piperidine rings is 1. The number of nitrogens with zero attached hydrogens (tertiary/aromatic N) is 1. The third kappa shape index (κ3) is 3.86. The molecule has 2 aromatic carbocycles. The number of rotatable bonds is 3. The van der Waals surface area contributed by atoms with Crippen LogP contribution >= 0.6 is 27.5 Å². The van der Waals surface area contributed by atoms with Crippen molar-refractivity contribution >= 4 is 61.2 Å². The van der Waals surface area contributed by atoms with Crippen molar-refractivity contribution < 1.29 is 9.21 Å². The number of anilines is 1. The first-order valence-corrected chi connectivity index (χ1v) is 11.1. The van der Waals surface area contributed by atoms with Gasteiger partial charge in [0.15, 0.2) is 0 Å². The Kier molecular flexibility index (Phi) is 5.29. The van der Waals surface area contributed by atoms with Crippen LogP contribution in [0.1, 0.15) is 12.8 Å². The molecular formula is C22H18BrClN4O3. The molecule has 3 N–H and O–H groups in total. The van der Waals surface area contributed by atoms with Crippen LogP contribution in [-0.4, -0.2) is 29.0 Å². The number of carbonyl (C=O) groups is 1. The van der Waals surface area contributed by atoms with Crippen molar-refractivity contribution in [3.05, 3.63) is 56.2 Å². The normalized spacial score (nSPS) is 14.9. The van der Waals surface area contributed by atoms with E-state index in [0.29, 0.717) is 33.2 Å². The van der Waals surface area contributed by atoms with E-state index >= 15 is 0 Å². The Balaban J connectivity index is 1.49. The van der Waals surface area contributed by atoms with Gasteiger partial charge in [0, 0.05) is 27.0 Å². The average Bonchev–Trinajstić information content (AvgIpc) is 3.13. The summed E-state index contributed by atoms with van der Waals surface area (Å²) >= 11 is 9.94. The van der Waals surface area contributed by atoms with E-state index in [0.717, 1.165) is 35.8 Å². The molecule has 5 rings (SSSR count). The fourth-order valence-electron chi connectivity index (χ4n) is 3.87. The SMILES string of the molecule is O=C(Nc1ccc(-c2nc3c(oc4ccc(Br)cc43)c(=O)[nH]2)c(Cl)c1)C1CCNCC1. The topological polar surface area (TPSA) is 100 Å². The number of amides is 1. The molecule has 1 amide bonds. The minimum absolute atomic E-state index is 0.00572. The largest absolute Gasteiger partial charge is 0.449 e. The molecule has 0 spiro atoms. The number of carbonyl (C=O) groups excluding carboxylic acids is 1. The molecule has 1 aliphatic heterocycles. The quantitative estimate of drug-likeness (QED) is 0.378. The predicted octanol–water partition coefficient (Wildman–Crippen LogP) is 4.69. The number of fused-ring (bicyclic) bond motifs is 3. The van der Waals surface area contributed by atoms with Gasteiger partial charge in [-0.1, -0.05) is 27.5 Å². The second kappa shape index (κ2) is 8.11. The van der Waals surface area contributed by atoms with Crippen molar-refractivity contribution in [2.45, 2.75) is 12.8 Å². The molecule has 3 heterocycles. The van der Waals surface area contributed by atoms with Crippen LogP contribution in [0.4, 0.5) is 5.69 Å². The third-order valence-corrected chi connectivity index (χ3v) is 6.29. The van der Waals surface area contributed by atoms with E-state index in [1.54, 1.807) is 24.3 Å². The lowest BCUT2D eigenvalue weighted by Crippen LogP contribution is -2.34. The monoisotopic (exact) mass is 500 g/mol. The number of halogens is 2. The number of aromatic amines is 1. The summed E-state index contributed by atoms with van der Waals surface area (Å²) in [5, 5.41) is 7.30. The zero-order valence-corrected chi connectivity index (χ0v) is 18.6. The molecule has 0 saturated carbocycles. The summed E-state index contributed by atoms with van der Waals surface area (Å²) in [6.45, 7) is 1.69. The standard InChI is InChI=1S/C22H18BrClN4O3/c23-12-1-4-17-15(9-12)18-19(31-17)22(30)28-20(27-18)14-3-2-13(10-16(14)24)26-21(29)11-5-7-25-8-6-11/h1-4,9-11,25H,5-8H2,(H,26,29)(H,27,28,30). The maximum atomic E-state index is 12.6. The van der Waals surface area contributed by atoms with Crippen LogP contribution in [0, 0.1) is 5.92 Å². The minimum atomic E-state index is -0.383. The van der Waals surface area contributed by atoms with E-state index < -0.39 is 0 Å². The number of aromatic nitrogens is 2. The molecule has 4 aromatic rings. The molecule has 0 radical (unpaired) electrons. The molecule has 0 atom stereocenters. The highest BCUT2D eigenvalue weighted by Gasteiger charge is 2.21. The van der Waals surface area contributed by atoms with E-state index in [-0.39, 0.29) is 23.0 Å². The fourth-order valence-corrected chi connectivity index (χ4v) is 4.50. The summed E-state index contributed by atoms with van der Waals surface area (Å²) in [6, 6.07) is 10.7. The predicted molar refractivity (Wildman–Crippen MR) is 125 cm³/mol. The number of benzene rings is 2. The Hall–Kier alpha value is -2.68. The van der Waals surface area contributed by atoms with Crippen molar-refractivity contribution in [1.82, 2.24) is 15.3 Å². The zero-order valence-electron chi connectivity index (χ0n) is 16.3. The first-order valence-electron chi connectivity index (χ1n) is 9.93. The van der Waals surface area contributed by atoms with E-state index in [1.165, 1.54) is 0 Å². The summed E-state index contributed by atoms with van der Waals surface area (Å²) in [4.78, 5) is 32.5. The molecule has 0 bridgehead atoms. The lowest BCUT2D eigenvalue weighted by Gasteiger charge is -2.21. The Morgan fingerprint density at radius 1 is 1.19 bits per heavy atom. The van der Waals surface area contributed by atoms with E-state index in [1.807, 2.05) is 12.1 Å². The minimum Gasteiger partial charge on any atom is -0.449 e. The maximum absolute atomic E-state index is 12.6. The molecule has 0 unspecified atom stereocenters. The summed E-state index contributed by atoms with van der Waals surface area (Å²) in [5.41, 5.74) is 2.00. The highest BCUT2D eigenvalue weighted by atomic mass is 79.9. The van der Waals surface area contributed by atoms with E-state index in [9.17, 15) is 9.59 Å². The van der Waals surface area contributed by atoms with Crippen LogP contribution < -0.4 is 16.2 Å². The first kappa shape index (κ1) is 20.2. The van der Waals surface area contributed by atoms with Crippen molar-refractivity contribution in [1.29, 1.82) is 0 Å². The van der Waals surface area contributed by atoms with Gasteiger partial charge in [-0.2, -0.15) is 0 Å². The molecule has 31 heavy (non-hydrogen) atoms. The molecule has 9 heteroatoms. The Labute approximate surface area is 190 Å². The summed E-state index contributed by atoms with van der Waals surface area (Å²) in [7, 11) is 0. The van der Waals surface area contributed by atoms with Gasteiger partial charge in [0.05, 0.1) is 5.02 Å². The van der Waals surface area contributed by atoms with Gasteiger partial charge in [0.1, 0.15) is 16.9 Å². The molecule has 1 fully saturated rings. The van der Waals surface area contributed by atoms with Crippen molar-refractivity contribution in [2.24, 2.45) is 5.92 Å². The van der Waals surface area contributed by atoms with Crippen molar-refractivity contribution in [2.75, 3.05) is 18.4 Å². The van der Waals surface area contributed by atoms with Crippen LogP contribution in [0.2, 0.25) is 5.02 Å². The number of H-pyrrole nitrogens is 1. The maximum Gasteiger partial charge on any atom is 0.294 e. The number of hydrogen-bond donors (Lipinski definition) is 3. The van der Waals surface area contributed by atoms with Gasteiger partial charge in [0.25, 0.3) is 5.56 Å². The lowest BCUT2D eigenvalue weighted by atomic mass is 9.97. The molecule has 0 aliphatic carbocycles. The highest BCUT2D eigenvalue weighted by Crippen LogP contribution is 2.32. The molecular weight excluding hydrogens is 484 g/mol. The molecule has 1 saturated heterocycles. The van der Waals surface area contributed by atoms with Gasteiger partial charge in [-0.05, 0) is 62.3 Å². The lowest BCUT2D eigenvalue weighted by molar-refractivity contribution is -0.120. The van der Waals surface area contributed by atoms with Crippen molar-refractivity contribution in [3.8, 4) is 11.4 Å².